The van der Waals surface area contributed by atoms with Crippen LogP contribution in [0.15, 0.2) is 30.5 Å². The van der Waals surface area contributed by atoms with E-state index in [1.807, 2.05) is 18.2 Å². The molecule has 5 nitrogen and oxygen atoms in total. The molecule has 2 aromatic rings. The van der Waals surface area contributed by atoms with Gasteiger partial charge in [-0.15, -0.1) is 0 Å². The van der Waals surface area contributed by atoms with E-state index in [-0.39, 0.29) is 0 Å². The van der Waals surface area contributed by atoms with E-state index in [1.165, 1.54) is 0 Å². The molecular weight excluding hydrogens is 202 g/mol. The van der Waals surface area contributed by atoms with Crippen LogP contribution in [0.2, 0.25) is 0 Å². The summed E-state index contributed by atoms with van der Waals surface area (Å²) in [5.41, 5.74) is 7.57. The summed E-state index contributed by atoms with van der Waals surface area (Å²) in [6.07, 6.45) is 1.71. The fraction of sp³-hybridized carbons (Fsp3) is 0.0909. The van der Waals surface area contributed by atoms with Crippen LogP contribution in [0.25, 0.3) is 0 Å². The normalized spacial score (nSPS) is 9.75. The summed E-state index contributed by atoms with van der Waals surface area (Å²) in [4.78, 5) is 0. The van der Waals surface area contributed by atoms with Crippen molar-refractivity contribution in [1.82, 2.24) is 9.78 Å². The Morgan fingerprint density at radius 3 is 2.81 bits per heavy atom. The lowest BCUT2D eigenvalue weighted by Crippen LogP contribution is -1.97. The average Bonchev–Trinajstić information content (AvgIpc) is 2.58. The lowest BCUT2D eigenvalue weighted by molar-refractivity contribution is 0.771. The molecule has 5 heteroatoms. The van der Waals surface area contributed by atoms with E-state index >= 15 is 0 Å². The van der Waals surface area contributed by atoms with Crippen LogP contribution in [-0.2, 0) is 7.05 Å². The van der Waals surface area contributed by atoms with E-state index in [0.717, 1.165) is 0 Å². The van der Waals surface area contributed by atoms with Crippen molar-refractivity contribution in [3.05, 3.63) is 36.0 Å². The zero-order chi connectivity index (χ0) is 11.5. The molecular formula is C11H11N5. The van der Waals surface area contributed by atoms with Gasteiger partial charge in [0.1, 0.15) is 6.07 Å². The predicted molar refractivity (Wildman–Crippen MR) is 62.1 cm³/mol. The molecule has 0 saturated heterocycles. The number of nitrogen functional groups attached to an aromatic ring is 1. The Morgan fingerprint density at radius 2 is 2.19 bits per heavy atom. The first-order valence-corrected chi connectivity index (χ1v) is 4.76. The van der Waals surface area contributed by atoms with E-state index < -0.39 is 0 Å². The van der Waals surface area contributed by atoms with Crippen molar-refractivity contribution >= 4 is 17.2 Å². The number of rotatable bonds is 2. The molecule has 0 aliphatic carbocycles. The molecule has 0 spiro atoms. The maximum absolute atomic E-state index is 8.92. The van der Waals surface area contributed by atoms with E-state index in [2.05, 4.69) is 16.5 Å². The first-order valence-electron chi connectivity index (χ1n) is 4.76. The third-order valence-corrected chi connectivity index (χ3v) is 2.16. The highest BCUT2D eigenvalue weighted by Crippen LogP contribution is 2.22. The van der Waals surface area contributed by atoms with Crippen molar-refractivity contribution in [3.63, 3.8) is 0 Å². The van der Waals surface area contributed by atoms with Crippen LogP contribution in [0.4, 0.5) is 17.2 Å². The fourth-order valence-corrected chi connectivity index (χ4v) is 1.42. The minimum atomic E-state index is 0.551. The first-order chi connectivity index (χ1) is 7.70. The Hall–Kier alpha value is -2.48. The molecule has 0 radical (unpaired) electrons. The standard InChI is InChI=1S/C11H11N5/c1-16-7-9(13)11(15-16)14-10-5-3-2-4-8(10)6-12/h2-5,7H,13H2,1H3,(H,14,15). The van der Waals surface area contributed by atoms with Crippen LogP contribution in [0, 0.1) is 11.3 Å². The zero-order valence-corrected chi connectivity index (χ0v) is 8.81. The van der Waals surface area contributed by atoms with Gasteiger partial charge in [0.25, 0.3) is 0 Å². The van der Waals surface area contributed by atoms with Gasteiger partial charge in [-0.05, 0) is 12.1 Å². The van der Waals surface area contributed by atoms with Gasteiger partial charge >= 0.3 is 0 Å². The minimum absolute atomic E-state index is 0.551. The van der Waals surface area contributed by atoms with E-state index in [4.69, 9.17) is 11.0 Å². The molecule has 0 amide bonds. The summed E-state index contributed by atoms with van der Waals surface area (Å²) in [5.74, 6) is 0.560. The maximum atomic E-state index is 8.92. The molecule has 1 aromatic heterocycles. The van der Waals surface area contributed by atoms with Gasteiger partial charge in [0, 0.05) is 13.2 Å². The quantitative estimate of drug-likeness (QED) is 0.794. The first kappa shape index (κ1) is 10.1. The summed E-state index contributed by atoms with van der Waals surface area (Å²) in [5, 5.41) is 16.1. The summed E-state index contributed by atoms with van der Waals surface area (Å²) in [7, 11) is 1.79. The SMILES string of the molecule is Cn1cc(N)c(Nc2ccccc2C#N)n1. The summed E-state index contributed by atoms with van der Waals surface area (Å²) >= 11 is 0. The molecule has 2 rings (SSSR count). The van der Waals surface area contributed by atoms with Crippen molar-refractivity contribution < 1.29 is 0 Å². The second-order valence-corrected chi connectivity index (χ2v) is 3.39. The highest BCUT2D eigenvalue weighted by Gasteiger charge is 2.06. The van der Waals surface area contributed by atoms with Crippen molar-refractivity contribution in [2.24, 2.45) is 7.05 Å². The Kier molecular flexibility index (Phi) is 2.48. The summed E-state index contributed by atoms with van der Waals surface area (Å²) < 4.78 is 1.62. The average molecular weight is 213 g/mol. The van der Waals surface area contributed by atoms with Crippen molar-refractivity contribution in [2.45, 2.75) is 0 Å². The van der Waals surface area contributed by atoms with Crippen molar-refractivity contribution in [3.8, 4) is 6.07 Å². The number of aryl methyl sites for hydroxylation is 1. The van der Waals surface area contributed by atoms with E-state index in [0.29, 0.717) is 22.8 Å². The highest BCUT2D eigenvalue weighted by molar-refractivity contribution is 5.71. The number of benzene rings is 1. The number of nitriles is 1. The number of hydrogen-bond acceptors (Lipinski definition) is 4. The number of aromatic nitrogens is 2. The largest absolute Gasteiger partial charge is 0.394 e. The number of hydrogen-bond donors (Lipinski definition) is 2. The molecule has 0 unspecified atom stereocenters. The molecule has 0 bridgehead atoms. The van der Waals surface area contributed by atoms with Crippen molar-refractivity contribution in [1.29, 1.82) is 5.26 Å². The molecule has 0 atom stereocenters. The molecule has 80 valence electrons. The molecule has 0 aliphatic rings. The molecule has 3 N–H and O–H groups in total. The number of nitrogens with two attached hydrogens (primary N) is 1. The lowest BCUT2D eigenvalue weighted by Gasteiger charge is -2.05. The van der Waals surface area contributed by atoms with Gasteiger partial charge in [-0.25, -0.2) is 0 Å². The minimum Gasteiger partial charge on any atom is -0.394 e. The van der Waals surface area contributed by atoms with Gasteiger partial charge in [-0.2, -0.15) is 10.4 Å². The predicted octanol–water partition coefficient (Wildman–Crippen LogP) is 1.62. The molecule has 0 fully saturated rings. The Labute approximate surface area is 93.1 Å². The number of nitrogens with one attached hydrogen (secondary N) is 1. The topological polar surface area (TPSA) is 79.7 Å². The van der Waals surface area contributed by atoms with Crippen molar-refractivity contribution in [2.75, 3.05) is 11.1 Å². The Morgan fingerprint density at radius 1 is 1.44 bits per heavy atom. The molecule has 16 heavy (non-hydrogen) atoms. The van der Waals surface area contributed by atoms with Crippen LogP contribution in [0.5, 0.6) is 0 Å². The second-order valence-electron chi connectivity index (χ2n) is 3.39. The van der Waals surface area contributed by atoms with Gasteiger partial charge in [-0.3, -0.25) is 4.68 Å². The summed E-state index contributed by atoms with van der Waals surface area (Å²) in [6.45, 7) is 0. The van der Waals surface area contributed by atoms with Gasteiger partial charge in [0.2, 0.25) is 0 Å². The zero-order valence-electron chi connectivity index (χ0n) is 8.81. The third kappa shape index (κ3) is 1.81. The molecule has 1 aromatic carbocycles. The lowest BCUT2D eigenvalue weighted by atomic mass is 10.2. The maximum Gasteiger partial charge on any atom is 0.175 e. The second kappa shape index (κ2) is 3.95. The highest BCUT2D eigenvalue weighted by atomic mass is 15.3. The number of anilines is 3. The number of para-hydroxylation sites is 1. The van der Waals surface area contributed by atoms with Crippen LogP contribution >= 0.6 is 0 Å². The van der Waals surface area contributed by atoms with Gasteiger partial charge in [-0.1, -0.05) is 12.1 Å². The smallest absolute Gasteiger partial charge is 0.175 e. The van der Waals surface area contributed by atoms with Gasteiger partial charge in [0.15, 0.2) is 5.82 Å². The molecule has 0 aliphatic heterocycles. The monoisotopic (exact) mass is 213 g/mol. The molecule has 0 saturated carbocycles. The van der Waals surface area contributed by atoms with Crippen LogP contribution in [0.3, 0.4) is 0 Å². The fourth-order valence-electron chi connectivity index (χ4n) is 1.42. The molecule has 1 heterocycles. The summed E-state index contributed by atoms with van der Waals surface area (Å²) in [6, 6.07) is 9.31. The van der Waals surface area contributed by atoms with Crippen LogP contribution in [-0.4, -0.2) is 9.78 Å². The Balaban J connectivity index is 2.34. The van der Waals surface area contributed by atoms with E-state index in [1.54, 1.807) is 24.0 Å². The van der Waals surface area contributed by atoms with Crippen LogP contribution in [0.1, 0.15) is 5.56 Å². The number of nitrogens with zero attached hydrogens (tertiary/aromatic N) is 3. The van der Waals surface area contributed by atoms with Gasteiger partial charge in [0.05, 0.1) is 16.9 Å². The Bertz CT molecular complexity index is 550. The van der Waals surface area contributed by atoms with E-state index in [9.17, 15) is 0 Å². The van der Waals surface area contributed by atoms with Gasteiger partial charge < -0.3 is 11.1 Å². The third-order valence-electron chi connectivity index (χ3n) is 2.16. The van der Waals surface area contributed by atoms with Crippen LogP contribution < -0.4 is 11.1 Å².